The molecule has 0 radical (unpaired) electrons. The molecule has 1 fully saturated rings. The van der Waals surface area contributed by atoms with Gasteiger partial charge in [-0.25, -0.2) is 4.39 Å². The average molecular weight is 551 g/mol. The van der Waals surface area contributed by atoms with Crippen molar-refractivity contribution in [2.45, 2.75) is 39.2 Å². The Morgan fingerprint density at radius 2 is 1.74 bits per heavy atom. The molecule has 1 aliphatic rings. The lowest BCUT2D eigenvalue weighted by atomic mass is 9.84. The Hall–Kier alpha value is -4.12. The molecule has 1 atom stereocenters. The second-order valence-electron chi connectivity index (χ2n) is 9.88. The predicted octanol–water partition coefficient (Wildman–Crippen LogP) is 4.59. The highest BCUT2D eigenvalue weighted by Crippen LogP contribution is 2.32. The molecule has 202 valence electrons. The van der Waals surface area contributed by atoms with Crippen LogP contribution in [0.15, 0.2) is 63.9 Å². The summed E-state index contributed by atoms with van der Waals surface area (Å²) in [7, 11) is 0. The number of Topliss-reactive ketones (excluding diaryl/α,β-unsaturated/α-hetero) is 1. The lowest BCUT2D eigenvalue weighted by molar-refractivity contribution is -0.129. The molecule has 2 heterocycles. The third-order valence-corrected chi connectivity index (χ3v) is 7.18. The smallest absolute Gasteiger partial charge is 0.294 e. The number of hydrogen-bond donors (Lipinski definition) is 1. The van der Waals surface area contributed by atoms with E-state index < -0.39 is 40.8 Å². The van der Waals surface area contributed by atoms with Crippen LogP contribution < -0.4 is 5.32 Å². The predicted molar refractivity (Wildman–Crippen MR) is 143 cm³/mol. The topological polar surface area (TPSA) is 122 Å². The first-order valence-corrected chi connectivity index (χ1v) is 13.0. The highest BCUT2D eigenvalue weighted by Gasteiger charge is 2.38. The molecule has 2 aromatic carbocycles. The average Bonchev–Trinajstić information content (AvgIpc) is 3.50. The summed E-state index contributed by atoms with van der Waals surface area (Å²) in [4.78, 5) is 52.4. The van der Waals surface area contributed by atoms with Crippen molar-refractivity contribution in [1.29, 1.82) is 0 Å². The van der Waals surface area contributed by atoms with Crippen molar-refractivity contribution in [3.63, 3.8) is 0 Å². The Kier molecular flexibility index (Phi) is 8.10. The number of nitrogens with one attached hydrogen (secondary N) is 1. The Bertz CT molecular complexity index is 1430. The normalized spacial score (nSPS) is 15.7. The van der Waals surface area contributed by atoms with E-state index in [-0.39, 0.29) is 28.4 Å². The molecule has 1 aromatic heterocycles. The van der Waals surface area contributed by atoms with Crippen LogP contribution >= 0.6 is 11.8 Å². The first-order valence-electron chi connectivity index (χ1n) is 12.2. The quantitative estimate of drug-likeness (QED) is 0.303. The van der Waals surface area contributed by atoms with Gasteiger partial charge in [0.25, 0.3) is 17.0 Å². The molecule has 0 saturated carbocycles. The maximum absolute atomic E-state index is 13.4. The van der Waals surface area contributed by atoms with Crippen molar-refractivity contribution in [2.75, 3.05) is 6.54 Å². The molecular weight excluding hydrogens is 523 g/mol. The number of thioether (sulfide) groups is 1. The van der Waals surface area contributed by atoms with Gasteiger partial charge in [0.05, 0.1) is 16.4 Å². The summed E-state index contributed by atoms with van der Waals surface area (Å²) in [6.45, 7) is 6.51. The van der Waals surface area contributed by atoms with Crippen LogP contribution in [0.3, 0.4) is 0 Å². The Morgan fingerprint density at radius 1 is 1.08 bits per heavy atom. The van der Waals surface area contributed by atoms with Gasteiger partial charge in [-0.3, -0.25) is 24.1 Å². The summed E-state index contributed by atoms with van der Waals surface area (Å²) in [5.41, 5.74) is 0.646. The van der Waals surface area contributed by atoms with Gasteiger partial charge in [-0.1, -0.05) is 56.3 Å². The van der Waals surface area contributed by atoms with Crippen LogP contribution in [0, 0.1) is 11.7 Å². The number of benzene rings is 2. The first kappa shape index (κ1) is 27.9. The van der Waals surface area contributed by atoms with Crippen LogP contribution in [-0.2, 0) is 15.0 Å². The van der Waals surface area contributed by atoms with Crippen molar-refractivity contribution in [3.05, 3.63) is 88.2 Å². The van der Waals surface area contributed by atoms with E-state index in [0.717, 1.165) is 22.2 Å². The van der Waals surface area contributed by atoms with Crippen LogP contribution in [0.1, 0.15) is 55.4 Å². The lowest BCUT2D eigenvalue weighted by Gasteiger charge is -2.22. The number of imide groups is 1. The number of ketones is 1. The molecule has 0 bridgehead atoms. The maximum atomic E-state index is 13.4. The third kappa shape index (κ3) is 6.14. The van der Waals surface area contributed by atoms with Crippen LogP contribution in [0.2, 0.25) is 0 Å². The monoisotopic (exact) mass is 550 g/mol. The lowest BCUT2D eigenvalue weighted by Crippen LogP contribution is -2.48. The standard InChI is InChI=1S/C28H27FN4O5S/c1-16(2)22(23(35)24-31-32-26(38-24)28(3,4)18-10-12-19(29)13-11-18)30-21(34)15-33-25(36)20(39-27(33)37)14-17-8-6-5-7-9-17/h5-14,16,22H,15H2,1-4H3,(H,30,34)/b20-14-/t22-/m0/s1. The van der Waals surface area contributed by atoms with Gasteiger partial charge in [0.15, 0.2) is 0 Å². The Labute approximate surface area is 228 Å². The fourth-order valence-corrected chi connectivity index (χ4v) is 4.77. The van der Waals surface area contributed by atoms with Gasteiger partial charge >= 0.3 is 0 Å². The van der Waals surface area contributed by atoms with Crippen LogP contribution in [0.25, 0.3) is 6.08 Å². The van der Waals surface area contributed by atoms with Crippen LogP contribution in [-0.4, -0.2) is 50.5 Å². The van der Waals surface area contributed by atoms with E-state index in [1.807, 2.05) is 18.2 Å². The van der Waals surface area contributed by atoms with Crippen molar-refractivity contribution in [1.82, 2.24) is 20.4 Å². The maximum Gasteiger partial charge on any atom is 0.294 e. The summed E-state index contributed by atoms with van der Waals surface area (Å²) in [6.07, 6.45) is 1.59. The van der Waals surface area contributed by atoms with Gasteiger partial charge in [-0.05, 0) is 60.9 Å². The van der Waals surface area contributed by atoms with Gasteiger partial charge in [-0.15, -0.1) is 10.2 Å². The number of hydrogen-bond acceptors (Lipinski definition) is 8. The van der Waals surface area contributed by atoms with E-state index in [0.29, 0.717) is 5.56 Å². The third-order valence-electron chi connectivity index (χ3n) is 6.27. The van der Waals surface area contributed by atoms with Crippen LogP contribution in [0.4, 0.5) is 9.18 Å². The largest absolute Gasteiger partial charge is 0.417 e. The van der Waals surface area contributed by atoms with Gasteiger partial charge in [0.1, 0.15) is 12.4 Å². The fraction of sp³-hybridized carbons (Fsp3) is 0.286. The summed E-state index contributed by atoms with van der Waals surface area (Å²) in [5.74, 6) is -2.77. The van der Waals surface area contributed by atoms with Crippen molar-refractivity contribution < 1.29 is 28.0 Å². The Morgan fingerprint density at radius 3 is 2.38 bits per heavy atom. The van der Waals surface area contributed by atoms with Crippen molar-refractivity contribution >= 4 is 40.7 Å². The summed E-state index contributed by atoms with van der Waals surface area (Å²) in [6, 6.07) is 13.8. The number of carbonyl (C=O) groups excluding carboxylic acids is 4. The number of nitrogens with zero attached hydrogens (tertiary/aromatic N) is 3. The molecule has 1 saturated heterocycles. The van der Waals surface area contributed by atoms with Gasteiger partial charge in [0, 0.05) is 0 Å². The van der Waals surface area contributed by atoms with E-state index in [9.17, 15) is 23.6 Å². The molecule has 4 rings (SSSR count). The van der Waals surface area contributed by atoms with E-state index in [1.165, 1.54) is 12.1 Å². The number of amides is 3. The second-order valence-corrected chi connectivity index (χ2v) is 10.9. The number of carbonyl (C=O) groups is 4. The Balaban J connectivity index is 1.45. The molecule has 0 spiro atoms. The molecule has 9 nitrogen and oxygen atoms in total. The zero-order chi connectivity index (χ0) is 28.3. The number of rotatable bonds is 9. The summed E-state index contributed by atoms with van der Waals surface area (Å²) >= 11 is 0.748. The van der Waals surface area contributed by atoms with Gasteiger partial charge in [-0.2, -0.15) is 0 Å². The number of aromatic nitrogens is 2. The molecule has 39 heavy (non-hydrogen) atoms. The SMILES string of the molecule is CC(C)[C@H](NC(=O)CN1C(=O)S/C(=C\c2ccccc2)C1=O)C(=O)c1nnc(C(C)(C)c2ccc(F)cc2)o1. The molecule has 0 unspecified atom stereocenters. The van der Waals surface area contributed by atoms with Crippen molar-refractivity contribution in [2.24, 2.45) is 5.92 Å². The minimum atomic E-state index is -1.04. The molecule has 0 aliphatic carbocycles. The molecule has 1 N–H and O–H groups in total. The van der Waals surface area contributed by atoms with Gasteiger partial charge < -0.3 is 9.73 Å². The molecule has 11 heteroatoms. The minimum absolute atomic E-state index is 0.148. The van der Waals surface area contributed by atoms with E-state index in [4.69, 9.17) is 4.42 Å². The minimum Gasteiger partial charge on any atom is -0.417 e. The molecule has 3 aromatic rings. The molecule has 1 aliphatic heterocycles. The zero-order valence-corrected chi connectivity index (χ0v) is 22.6. The van der Waals surface area contributed by atoms with E-state index in [2.05, 4.69) is 15.5 Å². The van der Waals surface area contributed by atoms with E-state index >= 15 is 0 Å². The summed E-state index contributed by atoms with van der Waals surface area (Å²) in [5, 5.41) is 9.94. The second kappa shape index (κ2) is 11.3. The van der Waals surface area contributed by atoms with Gasteiger partial charge in [0.2, 0.25) is 17.6 Å². The van der Waals surface area contributed by atoms with Crippen molar-refractivity contribution in [3.8, 4) is 0 Å². The first-order chi connectivity index (χ1) is 18.5. The number of halogens is 1. The summed E-state index contributed by atoms with van der Waals surface area (Å²) < 4.78 is 19.1. The zero-order valence-electron chi connectivity index (χ0n) is 21.8. The molecule has 3 amide bonds. The van der Waals surface area contributed by atoms with E-state index in [1.54, 1.807) is 58.0 Å². The highest BCUT2D eigenvalue weighted by atomic mass is 32.2. The van der Waals surface area contributed by atoms with Crippen LogP contribution in [0.5, 0.6) is 0 Å². The highest BCUT2D eigenvalue weighted by molar-refractivity contribution is 8.18. The fourth-order valence-electron chi connectivity index (χ4n) is 3.93. The molecular formula is C28H27FN4O5S.